The SMILES string of the molecule is CC(=N)CC(=N)CCCN=C(N)N=C(N)N. The number of guanidine groups is 2. The van der Waals surface area contributed by atoms with E-state index in [0.717, 1.165) is 0 Å². The molecule has 0 aromatic rings. The second kappa shape index (κ2) is 7.38. The summed E-state index contributed by atoms with van der Waals surface area (Å²) >= 11 is 0. The van der Waals surface area contributed by atoms with Gasteiger partial charge in [-0.25, -0.2) is 0 Å². The van der Waals surface area contributed by atoms with Crippen molar-refractivity contribution in [1.29, 1.82) is 10.8 Å². The van der Waals surface area contributed by atoms with Crippen LogP contribution >= 0.6 is 0 Å². The topological polar surface area (TPSA) is 150 Å². The van der Waals surface area contributed by atoms with Gasteiger partial charge in [-0.1, -0.05) is 0 Å². The summed E-state index contributed by atoms with van der Waals surface area (Å²) in [7, 11) is 0. The first-order valence-corrected chi connectivity index (χ1v) is 4.91. The van der Waals surface area contributed by atoms with Crippen molar-refractivity contribution in [2.24, 2.45) is 27.2 Å². The minimum atomic E-state index is -0.117. The fourth-order valence-electron chi connectivity index (χ4n) is 1.06. The van der Waals surface area contributed by atoms with Crippen molar-refractivity contribution in [3.05, 3.63) is 0 Å². The normalized spacial score (nSPS) is 10.9. The van der Waals surface area contributed by atoms with Gasteiger partial charge in [-0.3, -0.25) is 4.99 Å². The zero-order valence-corrected chi connectivity index (χ0v) is 9.45. The first kappa shape index (κ1) is 14.1. The van der Waals surface area contributed by atoms with Crippen molar-refractivity contribution < 1.29 is 0 Å². The largest absolute Gasteiger partial charge is 0.370 e. The number of hydrogen-bond acceptors (Lipinski definition) is 3. The van der Waals surface area contributed by atoms with Crippen molar-refractivity contribution in [2.45, 2.75) is 26.2 Å². The molecule has 7 heteroatoms. The van der Waals surface area contributed by atoms with Gasteiger partial charge in [0.05, 0.1) is 0 Å². The fraction of sp³-hybridized carbons (Fsp3) is 0.556. The van der Waals surface area contributed by atoms with Crippen LogP contribution in [0.4, 0.5) is 0 Å². The highest BCUT2D eigenvalue weighted by Crippen LogP contribution is 1.97. The molecule has 0 aliphatic rings. The van der Waals surface area contributed by atoms with Crippen molar-refractivity contribution in [3.8, 4) is 0 Å². The molecule has 8 N–H and O–H groups in total. The Morgan fingerprint density at radius 2 is 1.81 bits per heavy atom. The van der Waals surface area contributed by atoms with E-state index < -0.39 is 0 Å². The highest BCUT2D eigenvalue weighted by molar-refractivity contribution is 6.00. The summed E-state index contributed by atoms with van der Waals surface area (Å²) in [6, 6.07) is 0. The standard InChI is InChI=1S/C9H19N7/c1-6(10)5-7(11)3-2-4-15-9(14)16-8(12)13/h10-11H,2-5H2,1H3,(H6,12,13,14,15,16). The Kier molecular flexibility index (Phi) is 6.50. The second-order valence-electron chi connectivity index (χ2n) is 3.44. The van der Waals surface area contributed by atoms with Crippen LogP contribution in [0.3, 0.4) is 0 Å². The average molecular weight is 225 g/mol. The molecule has 0 saturated carbocycles. The molecule has 0 amide bonds. The molecule has 0 heterocycles. The smallest absolute Gasteiger partial charge is 0.218 e. The molecule has 90 valence electrons. The van der Waals surface area contributed by atoms with Gasteiger partial charge in [0.25, 0.3) is 0 Å². The van der Waals surface area contributed by atoms with Gasteiger partial charge in [0.1, 0.15) is 0 Å². The number of nitrogens with two attached hydrogens (primary N) is 3. The maximum Gasteiger partial charge on any atom is 0.218 e. The van der Waals surface area contributed by atoms with Gasteiger partial charge in [-0.15, -0.1) is 0 Å². The molecule has 16 heavy (non-hydrogen) atoms. The molecular weight excluding hydrogens is 206 g/mol. The zero-order chi connectivity index (χ0) is 12.6. The fourth-order valence-corrected chi connectivity index (χ4v) is 1.06. The summed E-state index contributed by atoms with van der Waals surface area (Å²) in [4.78, 5) is 7.47. The first-order valence-electron chi connectivity index (χ1n) is 4.91. The predicted molar refractivity (Wildman–Crippen MR) is 67.3 cm³/mol. The summed E-state index contributed by atoms with van der Waals surface area (Å²) < 4.78 is 0. The molecular formula is C9H19N7. The molecule has 0 spiro atoms. The van der Waals surface area contributed by atoms with Crippen molar-refractivity contribution >= 4 is 23.3 Å². The third kappa shape index (κ3) is 8.67. The summed E-state index contributed by atoms with van der Waals surface area (Å²) in [5.74, 6) is -0.0665. The van der Waals surface area contributed by atoms with Gasteiger partial charge >= 0.3 is 0 Å². The van der Waals surface area contributed by atoms with Crippen LogP contribution in [0.2, 0.25) is 0 Å². The van der Waals surface area contributed by atoms with Gasteiger partial charge in [0, 0.05) is 24.4 Å². The third-order valence-corrected chi connectivity index (χ3v) is 1.63. The predicted octanol–water partition coefficient (Wildman–Crippen LogP) is -0.196. The molecule has 7 nitrogen and oxygen atoms in total. The highest BCUT2D eigenvalue weighted by Gasteiger charge is 1.98. The molecule has 0 aromatic carbocycles. The Labute approximate surface area is 94.8 Å². The molecule has 0 atom stereocenters. The maximum atomic E-state index is 7.53. The van der Waals surface area contributed by atoms with E-state index in [9.17, 15) is 0 Å². The van der Waals surface area contributed by atoms with Gasteiger partial charge in [-0.2, -0.15) is 4.99 Å². The van der Waals surface area contributed by atoms with E-state index in [1.807, 2.05) is 0 Å². The molecule has 0 aliphatic heterocycles. The van der Waals surface area contributed by atoms with Crippen molar-refractivity contribution in [2.75, 3.05) is 6.54 Å². The van der Waals surface area contributed by atoms with Crippen LogP contribution in [0.5, 0.6) is 0 Å². The Balaban J connectivity index is 3.79. The van der Waals surface area contributed by atoms with Gasteiger partial charge in [-0.05, 0) is 19.8 Å². The van der Waals surface area contributed by atoms with Gasteiger partial charge < -0.3 is 28.0 Å². The lowest BCUT2D eigenvalue weighted by molar-refractivity contribution is 0.865. The molecule has 0 aromatic heterocycles. The second-order valence-corrected chi connectivity index (χ2v) is 3.44. The molecule has 0 aliphatic carbocycles. The van der Waals surface area contributed by atoms with Crippen LogP contribution in [-0.2, 0) is 0 Å². The number of nitrogens with one attached hydrogen (secondary N) is 2. The minimum Gasteiger partial charge on any atom is -0.370 e. The van der Waals surface area contributed by atoms with Gasteiger partial charge in [0.2, 0.25) is 5.96 Å². The molecule has 0 bridgehead atoms. The lowest BCUT2D eigenvalue weighted by Crippen LogP contribution is -2.26. The van der Waals surface area contributed by atoms with E-state index in [4.69, 9.17) is 28.0 Å². The van der Waals surface area contributed by atoms with E-state index in [-0.39, 0.29) is 11.9 Å². The molecule has 0 radical (unpaired) electrons. The molecule has 0 saturated heterocycles. The van der Waals surface area contributed by atoms with Crippen LogP contribution in [0.1, 0.15) is 26.2 Å². The Hall–Kier alpha value is -1.92. The van der Waals surface area contributed by atoms with Crippen molar-refractivity contribution in [3.63, 3.8) is 0 Å². The van der Waals surface area contributed by atoms with Crippen LogP contribution in [-0.4, -0.2) is 29.9 Å². The van der Waals surface area contributed by atoms with Gasteiger partial charge in [0.15, 0.2) is 5.96 Å². The molecule has 0 fully saturated rings. The van der Waals surface area contributed by atoms with Crippen LogP contribution in [0.15, 0.2) is 9.98 Å². The number of aliphatic imine (C=N–C) groups is 2. The first-order chi connectivity index (χ1) is 7.41. The van der Waals surface area contributed by atoms with E-state index in [1.165, 1.54) is 0 Å². The summed E-state index contributed by atoms with van der Waals surface area (Å²) in [6.45, 7) is 2.16. The number of rotatable bonds is 6. The quantitative estimate of drug-likeness (QED) is 0.242. The number of hydrogen-bond donors (Lipinski definition) is 5. The summed E-state index contributed by atoms with van der Waals surface area (Å²) in [5.41, 5.74) is 16.6. The Morgan fingerprint density at radius 1 is 1.19 bits per heavy atom. The summed E-state index contributed by atoms with van der Waals surface area (Å²) in [5, 5.41) is 14.7. The maximum absolute atomic E-state index is 7.53. The Bertz CT molecular complexity index is 312. The van der Waals surface area contributed by atoms with E-state index in [1.54, 1.807) is 6.92 Å². The Morgan fingerprint density at radius 3 is 2.31 bits per heavy atom. The van der Waals surface area contributed by atoms with Crippen molar-refractivity contribution in [1.82, 2.24) is 0 Å². The van der Waals surface area contributed by atoms with E-state index in [0.29, 0.717) is 37.2 Å². The van der Waals surface area contributed by atoms with E-state index >= 15 is 0 Å². The minimum absolute atomic E-state index is 0.0507. The third-order valence-electron chi connectivity index (χ3n) is 1.63. The molecule has 0 unspecified atom stereocenters. The van der Waals surface area contributed by atoms with Crippen LogP contribution in [0.25, 0.3) is 0 Å². The average Bonchev–Trinajstić information content (AvgIpc) is 2.10. The monoisotopic (exact) mass is 225 g/mol. The number of nitrogens with zero attached hydrogens (tertiary/aromatic N) is 2. The van der Waals surface area contributed by atoms with E-state index in [2.05, 4.69) is 9.98 Å². The molecule has 0 rings (SSSR count). The summed E-state index contributed by atoms with van der Waals surface area (Å²) in [6.07, 6.45) is 1.73. The zero-order valence-electron chi connectivity index (χ0n) is 9.45. The van der Waals surface area contributed by atoms with Crippen LogP contribution < -0.4 is 17.2 Å². The highest BCUT2D eigenvalue weighted by atomic mass is 15.1. The lowest BCUT2D eigenvalue weighted by atomic mass is 10.1. The van der Waals surface area contributed by atoms with Crippen LogP contribution in [0, 0.1) is 10.8 Å². The lowest BCUT2D eigenvalue weighted by Gasteiger charge is -2.00.